The molecule has 0 aliphatic rings. The Hall–Kier alpha value is -1.62. The maximum atomic E-state index is 5.25. The Morgan fingerprint density at radius 3 is 1.86 bits per heavy atom. The molecule has 0 saturated heterocycles. The number of rotatable bonds is 10. The van der Waals surface area contributed by atoms with Gasteiger partial charge < -0.3 is 9.47 Å². The molecule has 0 radical (unpaired) electrons. The van der Waals surface area contributed by atoms with Gasteiger partial charge in [0.15, 0.2) is 0 Å². The van der Waals surface area contributed by atoms with E-state index in [2.05, 4.69) is 18.8 Å². The largest absolute Gasteiger partial charge is 0.497 e. The summed E-state index contributed by atoms with van der Waals surface area (Å²) in [6, 6.07) is 5.76. The van der Waals surface area contributed by atoms with Crippen molar-refractivity contribution >= 4 is 0 Å². The highest BCUT2D eigenvalue weighted by Gasteiger charge is 1.99. The molecule has 0 N–H and O–H groups in total. The van der Waals surface area contributed by atoms with E-state index in [1.807, 2.05) is 18.2 Å². The molecule has 1 aromatic carbocycles. The first-order chi connectivity index (χ1) is 10.8. The van der Waals surface area contributed by atoms with Crippen LogP contribution < -0.4 is 9.47 Å². The van der Waals surface area contributed by atoms with Crippen LogP contribution in [0, 0.1) is 11.8 Å². The Morgan fingerprint density at radius 2 is 1.32 bits per heavy atom. The van der Waals surface area contributed by atoms with Crippen molar-refractivity contribution in [1.29, 1.82) is 0 Å². The Morgan fingerprint density at radius 1 is 0.773 bits per heavy atom. The zero-order valence-corrected chi connectivity index (χ0v) is 14.4. The van der Waals surface area contributed by atoms with Crippen LogP contribution in [0.3, 0.4) is 0 Å². The van der Waals surface area contributed by atoms with Gasteiger partial charge in [-0.3, -0.25) is 0 Å². The van der Waals surface area contributed by atoms with Gasteiger partial charge in [0.05, 0.1) is 14.2 Å². The number of methoxy groups -OCH3 is 2. The van der Waals surface area contributed by atoms with Gasteiger partial charge in [0.25, 0.3) is 0 Å². The molecule has 0 bridgehead atoms. The first kappa shape index (κ1) is 18.4. The van der Waals surface area contributed by atoms with Crippen molar-refractivity contribution in [3.8, 4) is 23.3 Å². The molecule has 122 valence electrons. The normalized spacial score (nSPS) is 9.95. The zero-order valence-electron chi connectivity index (χ0n) is 14.4. The third kappa shape index (κ3) is 7.98. The quantitative estimate of drug-likeness (QED) is 0.414. The predicted octanol–water partition coefficient (Wildman–Crippen LogP) is 5.59. The summed E-state index contributed by atoms with van der Waals surface area (Å²) in [6.45, 7) is 2.26. The van der Waals surface area contributed by atoms with Crippen LogP contribution in [0.2, 0.25) is 0 Å². The fourth-order valence-corrected chi connectivity index (χ4v) is 2.39. The number of hydrogen-bond donors (Lipinski definition) is 0. The van der Waals surface area contributed by atoms with E-state index in [0.29, 0.717) is 0 Å². The number of benzene rings is 1. The minimum Gasteiger partial charge on any atom is -0.497 e. The van der Waals surface area contributed by atoms with Crippen LogP contribution in [-0.2, 0) is 0 Å². The van der Waals surface area contributed by atoms with E-state index >= 15 is 0 Å². The molecule has 1 aromatic rings. The van der Waals surface area contributed by atoms with Crippen molar-refractivity contribution < 1.29 is 9.47 Å². The van der Waals surface area contributed by atoms with Gasteiger partial charge in [0, 0.05) is 18.1 Å². The molecule has 1 rings (SSSR count). The van der Waals surface area contributed by atoms with Crippen molar-refractivity contribution in [2.24, 2.45) is 0 Å². The van der Waals surface area contributed by atoms with Crippen molar-refractivity contribution in [2.45, 2.75) is 64.7 Å². The summed E-state index contributed by atoms with van der Waals surface area (Å²) in [7, 11) is 3.32. The highest BCUT2D eigenvalue weighted by atomic mass is 16.5. The molecule has 0 spiro atoms. The molecule has 22 heavy (non-hydrogen) atoms. The topological polar surface area (TPSA) is 18.5 Å². The molecule has 0 unspecified atom stereocenters. The van der Waals surface area contributed by atoms with Gasteiger partial charge in [-0.25, -0.2) is 0 Å². The number of unbranched alkanes of at least 4 members (excludes halogenated alkanes) is 8. The monoisotopic (exact) mass is 302 g/mol. The van der Waals surface area contributed by atoms with Crippen LogP contribution >= 0.6 is 0 Å². The van der Waals surface area contributed by atoms with E-state index in [0.717, 1.165) is 23.5 Å². The van der Waals surface area contributed by atoms with Gasteiger partial charge in [0.1, 0.15) is 11.5 Å². The molecule has 0 saturated carbocycles. The molecule has 0 aliphatic carbocycles. The lowest BCUT2D eigenvalue weighted by atomic mass is 10.1. The third-order valence-electron chi connectivity index (χ3n) is 3.74. The van der Waals surface area contributed by atoms with Crippen molar-refractivity contribution in [2.75, 3.05) is 14.2 Å². The van der Waals surface area contributed by atoms with Crippen LogP contribution in [0.25, 0.3) is 0 Å². The molecule has 2 nitrogen and oxygen atoms in total. The Balaban J connectivity index is 2.24. The zero-order chi connectivity index (χ0) is 16.0. The molecule has 2 heteroatoms. The maximum Gasteiger partial charge on any atom is 0.123 e. The Bertz CT molecular complexity index is 446. The van der Waals surface area contributed by atoms with Crippen LogP contribution in [0.5, 0.6) is 11.5 Å². The lowest BCUT2D eigenvalue weighted by Gasteiger charge is -2.04. The summed E-state index contributed by atoms with van der Waals surface area (Å²) in [5.74, 6) is 8.03. The second kappa shape index (κ2) is 12.0. The SMILES string of the molecule is CCCCCCCCCCC#Cc1cc(OC)cc(OC)c1. The number of ether oxygens (including phenoxy) is 2. The smallest absolute Gasteiger partial charge is 0.123 e. The molecule has 0 amide bonds. The van der Waals surface area contributed by atoms with E-state index in [1.165, 1.54) is 51.4 Å². The van der Waals surface area contributed by atoms with Crippen LogP contribution in [-0.4, -0.2) is 14.2 Å². The van der Waals surface area contributed by atoms with Crippen molar-refractivity contribution in [1.82, 2.24) is 0 Å². The van der Waals surface area contributed by atoms with Crippen LogP contribution in [0.4, 0.5) is 0 Å². The van der Waals surface area contributed by atoms with Crippen LogP contribution in [0.15, 0.2) is 18.2 Å². The van der Waals surface area contributed by atoms with Gasteiger partial charge in [-0.15, -0.1) is 0 Å². The average Bonchev–Trinajstić information content (AvgIpc) is 2.56. The Kier molecular flexibility index (Phi) is 10.0. The predicted molar refractivity (Wildman–Crippen MR) is 93.7 cm³/mol. The lowest BCUT2D eigenvalue weighted by Crippen LogP contribution is -1.88. The minimum atomic E-state index is 0.788. The van der Waals surface area contributed by atoms with Gasteiger partial charge in [-0.2, -0.15) is 0 Å². The second-order valence-electron chi connectivity index (χ2n) is 5.63. The Labute approximate surface area is 136 Å². The summed E-state index contributed by atoms with van der Waals surface area (Å²) in [5.41, 5.74) is 0.954. The highest BCUT2D eigenvalue weighted by Crippen LogP contribution is 2.21. The summed E-state index contributed by atoms with van der Waals surface area (Å²) in [6.07, 6.45) is 11.7. The molecular formula is C20H30O2. The third-order valence-corrected chi connectivity index (χ3v) is 3.74. The molecule has 0 fully saturated rings. The molecule has 0 heterocycles. The molecular weight excluding hydrogens is 272 g/mol. The van der Waals surface area contributed by atoms with E-state index < -0.39 is 0 Å². The minimum absolute atomic E-state index is 0.788. The van der Waals surface area contributed by atoms with E-state index in [9.17, 15) is 0 Å². The maximum absolute atomic E-state index is 5.25. The number of hydrogen-bond acceptors (Lipinski definition) is 2. The van der Waals surface area contributed by atoms with Crippen molar-refractivity contribution in [3.05, 3.63) is 23.8 Å². The first-order valence-corrected chi connectivity index (χ1v) is 8.52. The fourth-order valence-electron chi connectivity index (χ4n) is 2.39. The first-order valence-electron chi connectivity index (χ1n) is 8.52. The molecule has 0 aliphatic heterocycles. The molecule has 0 aromatic heterocycles. The van der Waals surface area contributed by atoms with Crippen molar-refractivity contribution in [3.63, 3.8) is 0 Å². The van der Waals surface area contributed by atoms with E-state index in [4.69, 9.17) is 9.47 Å². The average molecular weight is 302 g/mol. The molecule has 0 atom stereocenters. The lowest BCUT2D eigenvalue weighted by molar-refractivity contribution is 0.394. The highest BCUT2D eigenvalue weighted by molar-refractivity contribution is 5.46. The fraction of sp³-hybridized carbons (Fsp3) is 0.600. The summed E-state index contributed by atoms with van der Waals surface area (Å²) >= 11 is 0. The standard InChI is InChI=1S/C20H30O2/c1-4-5-6-7-8-9-10-11-12-13-14-18-15-19(21-2)17-20(16-18)22-3/h15-17H,4-12H2,1-3H3. The van der Waals surface area contributed by atoms with E-state index in [-0.39, 0.29) is 0 Å². The van der Waals surface area contributed by atoms with Gasteiger partial charge >= 0.3 is 0 Å². The van der Waals surface area contributed by atoms with Gasteiger partial charge in [0.2, 0.25) is 0 Å². The van der Waals surface area contributed by atoms with Gasteiger partial charge in [-0.1, -0.05) is 63.7 Å². The summed E-state index contributed by atoms with van der Waals surface area (Å²) < 4.78 is 10.5. The summed E-state index contributed by atoms with van der Waals surface area (Å²) in [5, 5.41) is 0. The van der Waals surface area contributed by atoms with Crippen LogP contribution in [0.1, 0.15) is 70.3 Å². The summed E-state index contributed by atoms with van der Waals surface area (Å²) in [4.78, 5) is 0. The van der Waals surface area contributed by atoms with E-state index in [1.54, 1.807) is 14.2 Å². The van der Waals surface area contributed by atoms with Gasteiger partial charge in [-0.05, 0) is 18.6 Å². The second-order valence-corrected chi connectivity index (χ2v) is 5.63.